The molecule has 3 aromatic rings. The van der Waals surface area contributed by atoms with Crippen molar-refractivity contribution in [3.8, 4) is 11.5 Å². The van der Waals surface area contributed by atoms with E-state index in [0.717, 1.165) is 50.5 Å². The number of unbranched alkanes of at least 4 members (excludes halogenated alkanes) is 1. The molecule has 0 aliphatic heterocycles. The van der Waals surface area contributed by atoms with Gasteiger partial charge in [0.05, 0.1) is 0 Å². The second-order valence-electron chi connectivity index (χ2n) is 11.6. The molecule has 0 spiro atoms. The van der Waals surface area contributed by atoms with Crippen LogP contribution in [0.2, 0.25) is 0 Å². The Morgan fingerprint density at radius 2 is 1.43 bits per heavy atom. The van der Waals surface area contributed by atoms with E-state index in [9.17, 15) is 32.2 Å². The first-order valence-electron chi connectivity index (χ1n) is 14.6. The van der Waals surface area contributed by atoms with Gasteiger partial charge in [-0.1, -0.05) is 55.8 Å². The van der Waals surface area contributed by atoms with Crippen LogP contribution in [0.25, 0.3) is 0 Å². The third-order valence-electron chi connectivity index (χ3n) is 8.67. The highest BCUT2D eigenvalue weighted by Crippen LogP contribution is 2.50. The highest BCUT2D eigenvalue weighted by molar-refractivity contribution is 7.99. The van der Waals surface area contributed by atoms with E-state index in [2.05, 4.69) is 37.3 Å². The molecule has 228 valence electrons. The predicted molar refractivity (Wildman–Crippen MR) is 160 cm³/mol. The number of rotatable bonds is 13. The number of aryl methyl sites for hydroxylation is 3. The lowest BCUT2D eigenvalue weighted by Gasteiger charge is -2.43. The third-order valence-corrected chi connectivity index (χ3v) is 9.74. The molecule has 0 saturated heterocycles. The van der Waals surface area contributed by atoms with Crippen LogP contribution in [0.5, 0.6) is 11.5 Å². The summed E-state index contributed by atoms with van der Waals surface area (Å²) >= 11 is 1.40. The summed E-state index contributed by atoms with van der Waals surface area (Å²) in [5, 5.41) is 19.9. The van der Waals surface area contributed by atoms with Crippen molar-refractivity contribution in [1.29, 1.82) is 0 Å². The summed E-state index contributed by atoms with van der Waals surface area (Å²) in [5.41, 5.74) is 6.03. The Balaban J connectivity index is 1.25. The largest absolute Gasteiger partial charge is 0.508 e. The van der Waals surface area contributed by atoms with Crippen LogP contribution in [-0.4, -0.2) is 33.8 Å². The average molecular weight is 607 g/mol. The Morgan fingerprint density at radius 3 is 2.10 bits per heavy atom. The highest BCUT2D eigenvalue weighted by atomic mass is 32.2. The van der Waals surface area contributed by atoms with Crippen LogP contribution in [-0.2, 0) is 24.7 Å². The lowest BCUT2D eigenvalue weighted by atomic mass is 9.60. The lowest BCUT2D eigenvalue weighted by molar-refractivity contribution is -0.284. The number of alkyl halides is 5. The Bertz CT molecular complexity index is 1290. The number of hydrogen-bond acceptors (Lipinski definition) is 3. The van der Waals surface area contributed by atoms with E-state index in [4.69, 9.17) is 0 Å². The van der Waals surface area contributed by atoms with E-state index in [0.29, 0.717) is 17.4 Å². The molecular formula is C34H39F5O2S. The first kappa shape index (κ1) is 32.2. The summed E-state index contributed by atoms with van der Waals surface area (Å²) in [6.45, 7) is 2.31. The summed E-state index contributed by atoms with van der Waals surface area (Å²) in [4.78, 5) is 0. The van der Waals surface area contributed by atoms with Crippen molar-refractivity contribution in [2.75, 3.05) is 11.5 Å². The standard InChI is InChI=1S/C34H39F5O2S/c1-32(27-11-13-28(40)14-12-27)20-17-26-23-29(41)15-16-30(26)31(32)6-3-2-5-24-7-9-25(10-8-24)18-22-42-21-4-19-33(35,36)34(37,38)39/h7-16,23,31,40-41H,2-6,17-22H2,1H3. The molecule has 2 nitrogen and oxygen atoms in total. The number of hydrogen-bond donors (Lipinski definition) is 2. The maximum absolute atomic E-state index is 13.0. The fourth-order valence-corrected chi connectivity index (χ4v) is 7.04. The van der Waals surface area contributed by atoms with Crippen LogP contribution >= 0.6 is 11.8 Å². The number of halogens is 5. The summed E-state index contributed by atoms with van der Waals surface area (Å²) in [7, 11) is 0. The van der Waals surface area contributed by atoms with E-state index >= 15 is 0 Å². The predicted octanol–water partition coefficient (Wildman–Crippen LogP) is 9.75. The molecule has 2 atom stereocenters. The van der Waals surface area contributed by atoms with E-state index in [1.807, 2.05) is 18.2 Å². The van der Waals surface area contributed by atoms with Gasteiger partial charge in [-0.2, -0.15) is 33.7 Å². The van der Waals surface area contributed by atoms with Crippen molar-refractivity contribution in [2.24, 2.45) is 0 Å². The van der Waals surface area contributed by atoms with Crippen LogP contribution in [0, 0.1) is 0 Å². The third kappa shape index (κ3) is 8.00. The van der Waals surface area contributed by atoms with E-state index < -0.39 is 18.5 Å². The topological polar surface area (TPSA) is 40.5 Å². The maximum atomic E-state index is 13.0. The van der Waals surface area contributed by atoms with E-state index in [1.54, 1.807) is 18.2 Å². The first-order chi connectivity index (χ1) is 19.9. The maximum Gasteiger partial charge on any atom is 0.453 e. The van der Waals surface area contributed by atoms with Gasteiger partial charge in [-0.3, -0.25) is 0 Å². The normalized spacial score (nSPS) is 19.0. The van der Waals surface area contributed by atoms with Gasteiger partial charge in [0.25, 0.3) is 0 Å². The molecule has 0 saturated carbocycles. The smallest absolute Gasteiger partial charge is 0.453 e. The zero-order chi connectivity index (χ0) is 30.4. The molecule has 0 heterocycles. The molecule has 0 aromatic heterocycles. The van der Waals surface area contributed by atoms with Gasteiger partial charge >= 0.3 is 12.1 Å². The average Bonchev–Trinajstić information content (AvgIpc) is 2.94. The number of aromatic hydroxyl groups is 2. The molecule has 8 heteroatoms. The van der Waals surface area contributed by atoms with Crippen LogP contribution < -0.4 is 0 Å². The molecule has 1 aliphatic carbocycles. The van der Waals surface area contributed by atoms with Gasteiger partial charge in [-0.05, 0) is 120 Å². The van der Waals surface area contributed by atoms with Crippen molar-refractivity contribution in [1.82, 2.24) is 0 Å². The molecule has 4 rings (SSSR count). The molecular weight excluding hydrogens is 567 g/mol. The fourth-order valence-electron chi connectivity index (χ4n) is 6.10. The Morgan fingerprint density at radius 1 is 0.786 bits per heavy atom. The summed E-state index contributed by atoms with van der Waals surface area (Å²) in [5.74, 6) is -2.79. The van der Waals surface area contributed by atoms with Crippen molar-refractivity contribution in [3.63, 3.8) is 0 Å². The number of benzene rings is 3. The van der Waals surface area contributed by atoms with Gasteiger partial charge in [0.15, 0.2) is 0 Å². The fraction of sp³-hybridized carbons (Fsp3) is 0.471. The lowest BCUT2D eigenvalue weighted by Crippen LogP contribution is -2.36. The minimum Gasteiger partial charge on any atom is -0.508 e. The van der Waals surface area contributed by atoms with Crippen molar-refractivity contribution in [2.45, 2.75) is 88.1 Å². The molecule has 3 aromatic carbocycles. The highest BCUT2D eigenvalue weighted by Gasteiger charge is 2.56. The number of thioether (sulfide) groups is 1. The summed E-state index contributed by atoms with van der Waals surface area (Å²) < 4.78 is 62.7. The Kier molecular flexibility index (Phi) is 10.5. The molecule has 0 fully saturated rings. The second kappa shape index (κ2) is 13.7. The SMILES string of the molecule is CC1(c2ccc(O)cc2)CCc2cc(O)ccc2C1CCCCc1ccc(CCSCCCC(F)(F)C(F)(F)F)cc1. The van der Waals surface area contributed by atoms with Gasteiger partial charge in [-0.25, -0.2) is 0 Å². The number of phenols is 2. The molecule has 42 heavy (non-hydrogen) atoms. The molecule has 0 radical (unpaired) electrons. The van der Waals surface area contributed by atoms with Crippen LogP contribution in [0.4, 0.5) is 22.0 Å². The zero-order valence-electron chi connectivity index (χ0n) is 23.9. The first-order valence-corrected chi connectivity index (χ1v) is 15.8. The minimum atomic E-state index is -5.47. The quantitative estimate of drug-likeness (QED) is 0.150. The minimum absolute atomic E-state index is 0.0729. The Hall–Kier alpha value is -2.74. The van der Waals surface area contributed by atoms with Crippen molar-refractivity contribution in [3.05, 3.63) is 94.5 Å². The number of fused-ring (bicyclic) bond motifs is 1. The van der Waals surface area contributed by atoms with Gasteiger partial charge < -0.3 is 10.2 Å². The molecule has 0 bridgehead atoms. The summed E-state index contributed by atoms with van der Waals surface area (Å²) in [6.07, 6.45) is -0.142. The van der Waals surface area contributed by atoms with Crippen LogP contribution in [0.1, 0.15) is 79.2 Å². The van der Waals surface area contributed by atoms with Crippen molar-refractivity contribution >= 4 is 11.8 Å². The molecule has 2 N–H and O–H groups in total. The van der Waals surface area contributed by atoms with Gasteiger partial charge in [0, 0.05) is 6.42 Å². The van der Waals surface area contributed by atoms with Gasteiger partial charge in [-0.15, -0.1) is 0 Å². The van der Waals surface area contributed by atoms with E-state index in [-0.39, 0.29) is 23.3 Å². The molecule has 2 unspecified atom stereocenters. The Labute approximate surface area is 249 Å². The molecule has 1 aliphatic rings. The molecule has 0 amide bonds. The number of phenolic OH excluding ortho intramolecular Hbond substituents is 2. The van der Waals surface area contributed by atoms with Crippen LogP contribution in [0.15, 0.2) is 66.7 Å². The van der Waals surface area contributed by atoms with E-state index in [1.165, 1.54) is 34.0 Å². The monoisotopic (exact) mass is 606 g/mol. The van der Waals surface area contributed by atoms with Gasteiger partial charge in [0.2, 0.25) is 0 Å². The zero-order valence-corrected chi connectivity index (χ0v) is 24.7. The van der Waals surface area contributed by atoms with Crippen molar-refractivity contribution < 1.29 is 32.2 Å². The van der Waals surface area contributed by atoms with Crippen LogP contribution in [0.3, 0.4) is 0 Å². The van der Waals surface area contributed by atoms with Gasteiger partial charge in [0.1, 0.15) is 11.5 Å². The second-order valence-corrected chi connectivity index (χ2v) is 12.9. The summed E-state index contributed by atoms with van der Waals surface area (Å²) in [6, 6.07) is 21.7.